The number of carbonyl (C=O) groups excluding carboxylic acids is 1. The third-order valence-electron chi connectivity index (χ3n) is 3.34. The molecule has 1 atom stereocenters. The van der Waals surface area contributed by atoms with Gasteiger partial charge in [-0.3, -0.25) is 0 Å². The Morgan fingerprint density at radius 2 is 2.16 bits per heavy atom. The van der Waals surface area contributed by atoms with Crippen LogP contribution in [0.2, 0.25) is 0 Å². The average Bonchev–Trinajstić information content (AvgIpc) is 2.28. The first-order valence-corrected chi connectivity index (χ1v) is 7.29. The molecule has 0 unspecified atom stereocenters. The van der Waals surface area contributed by atoms with Crippen molar-refractivity contribution in [3.05, 3.63) is 0 Å². The lowest BCUT2D eigenvalue weighted by Crippen LogP contribution is -2.52. The first-order valence-electron chi connectivity index (χ1n) is 7.29. The maximum absolute atomic E-state index is 12.2. The molecule has 0 aromatic rings. The highest BCUT2D eigenvalue weighted by Gasteiger charge is 2.30. The number of hydrogen-bond acceptors (Lipinski definition) is 4. The number of hydrogen-bond donors (Lipinski definition) is 1. The normalized spacial score (nSPS) is 21.2. The van der Waals surface area contributed by atoms with E-state index in [-0.39, 0.29) is 12.1 Å². The van der Waals surface area contributed by atoms with E-state index in [1.54, 1.807) is 0 Å². The Bertz CT molecular complexity index is 287. The molecule has 1 heterocycles. The monoisotopic (exact) mass is 271 g/mol. The van der Waals surface area contributed by atoms with Crippen molar-refractivity contribution in [3.8, 4) is 0 Å². The quantitative estimate of drug-likeness (QED) is 0.845. The average molecular weight is 271 g/mol. The molecule has 1 aliphatic heterocycles. The highest BCUT2D eigenvalue weighted by atomic mass is 16.6. The standard InChI is InChI=1S/C14H29N3O2/c1-5-17(13(18)19-14(2,3)4)12-7-6-9-16(11-12)10-8-15/h12H,5-11,15H2,1-4H3/t12-/m0/s1. The minimum atomic E-state index is -0.434. The smallest absolute Gasteiger partial charge is 0.410 e. The molecule has 0 spiro atoms. The number of likely N-dealkylation sites (tertiary alicyclic amines) is 1. The van der Waals surface area contributed by atoms with Crippen LogP contribution >= 0.6 is 0 Å². The van der Waals surface area contributed by atoms with Gasteiger partial charge in [-0.1, -0.05) is 0 Å². The van der Waals surface area contributed by atoms with Crippen molar-refractivity contribution in [1.29, 1.82) is 0 Å². The van der Waals surface area contributed by atoms with Gasteiger partial charge in [0.05, 0.1) is 0 Å². The summed E-state index contributed by atoms with van der Waals surface area (Å²) in [6.07, 6.45) is 1.97. The van der Waals surface area contributed by atoms with Crippen LogP contribution in [0.1, 0.15) is 40.5 Å². The van der Waals surface area contributed by atoms with Crippen molar-refractivity contribution < 1.29 is 9.53 Å². The molecular formula is C14H29N3O2. The van der Waals surface area contributed by atoms with E-state index in [0.717, 1.165) is 32.5 Å². The van der Waals surface area contributed by atoms with E-state index in [0.29, 0.717) is 13.1 Å². The largest absolute Gasteiger partial charge is 0.444 e. The number of nitrogens with two attached hydrogens (primary N) is 1. The highest BCUT2D eigenvalue weighted by molar-refractivity contribution is 5.68. The fraction of sp³-hybridized carbons (Fsp3) is 0.929. The number of ether oxygens (including phenoxy) is 1. The van der Waals surface area contributed by atoms with Crippen molar-refractivity contribution in [2.45, 2.75) is 52.2 Å². The zero-order chi connectivity index (χ0) is 14.5. The molecule has 5 heteroatoms. The highest BCUT2D eigenvalue weighted by Crippen LogP contribution is 2.18. The fourth-order valence-electron chi connectivity index (χ4n) is 2.53. The van der Waals surface area contributed by atoms with Gasteiger partial charge in [-0.2, -0.15) is 0 Å². The molecular weight excluding hydrogens is 242 g/mol. The van der Waals surface area contributed by atoms with E-state index < -0.39 is 5.60 Å². The van der Waals surface area contributed by atoms with Gasteiger partial charge in [0.2, 0.25) is 0 Å². The molecule has 2 N–H and O–H groups in total. The molecule has 1 rings (SSSR count). The predicted molar refractivity (Wildman–Crippen MR) is 77.1 cm³/mol. The molecule has 0 aromatic heterocycles. The van der Waals surface area contributed by atoms with Gasteiger partial charge >= 0.3 is 6.09 Å². The van der Waals surface area contributed by atoms with Gasteiger partial charge in [-0.15, -0.1) is 0 Å². The molecule has 5 nitrogen and oxygen atoms in total. The van der Waals surface area contributed by atoms with Crippen molar-refractivity contribution in [3.63, 3.8) is 0 Å². The van der Waals surface area contributed by atoms with Gasteiger partial charge in [-0.05, 0) is 47.1 Å². The minimum Gasteiger partial charge on any atom is -0.444 e. The lowest BCUT2D eigenvalue weighted by Gasteiger charge is -2.39. The van der Waals surface area contributed by atoms with E-state index in [2.05, 4.69) is 4.90 Å². The zero-order valence-electron chi connectivity index (χ0n) is 12.8. The number of amides is 1. The number of rotatable bonds is 4. The molecule has 0 radical (unpaired) electrons. The van der Waals surface area contributed by atoms with Crippen LogP contribution in [0.25, 0.3) is 0 Å². The summed E-state index contributed by atoms with van der Waals surface area (Å²) in [5.41, 5.74) is 5.18. The van der Waals surface area contributed by atoms with E-state index in [9.17, 15) is 4.79 Å². The maximum Gasteiger partial charge on any atom is 0.410 e. The van der Waals surface area contributed by atoms with Crippen LogP contribution in [-0.4, -0.2) is 60.3 Å². The Morgan fingerprint density at radius 3 is 2.68 bits per heavy atom. The molecule has 112 valence electrons. The Kier molecular flexibility index (Phi) is 6.07. The van der Waals surface area contributed by atoms with Crippen LogP contribution in [0.5, 0.6) is 0 Å². The second-order valence-electron chi connectivity index (χ2n) is 6.15. The third kappa shape index (κ3) is 5.37. The molecule has 1 aliphatic rings. The third-order valence-corrected chi connectivity index (χ3v) is 3.34. The lowest BCUT2D eigenvalue weighted by atomic mass is 10.0. The van der Waals surface area contributed by atoms with Gasteiger partial charge in [-0.25, -0.2) is 4.79 Å². The van der Waals surface area contributed by atoms with E-state index in [4.69, 9.17) is 10.5 Å². The summed E-state index contributed by atoms with van der Waals surface area (Å²) < 4.78 is 5.48. The van der Waals surface area contributed by atoms with Gasteiger partial charge < -0.3 is 20.3 Å². The Balaban J connectivity index is 2.60. The van der Waals surface area contributed by atoms with Crippen LogP contribution < -0.4 is 5.73 Å². The molecule has 0 aromatic carbocycles. The summed E-state index contributed by atoms with van der Waals surface area (Å²) in [6.45, 7) is 12.0. The van der Waals surface area contributed by atoms with Gasteiger partial charge in [0.15, 0.2) is 0 Å². The van der Waals surface area contributed by atoms with Crippen LogP contribution in [0.4, 0.5) is 4.79 Å². The fourth-order valence-corrected chi connectivity index (χ4v) is 2.53. The Hall–Kier alpha value is -0.810. The second-order valence-corrected chi connectivity index (χ2v) is 6.15. The van der Waals surface area contributed by atoms with Gasteiger partial charge in [0.1, 0.15) is 5.60 Å². The molecule has 19 heavy (non-hydrogen) atoms. The Labute approximate surface area is 117 Å². The topological polar surface area (TPSA) is 58.8 Å². The first-order chi connectivity index (χ1) is 8.87. The molecule has 1 amide bonds. The van der Waals surface area contributed by atoms with E-state index >= 15 is 0 Å². The molecule has 0 saturated carbocycles. The van der Waals surface area contributed by atoms with Crippen LogP contribution in [0.15, 0.2) is 0 Å². The first kappa shape index (κ1) is 16.2. The zero-order valence-corrected chi connectivity index (χ0v) is 12.8. The van der Waals surface area contributed by atoms with Crippen molar-refractivity contribution in [2.24, 2.45) is 5.73 Å². The SMILES string of the molecule is CCN(C(=O)OC(C)(C)C)[C@H]1CCCN(CCN)C1. The number of nitrogens with zero attached hydrogens (tertiary/aromatic N) is 2. The molecule has 0 bridgehead atoms. The van der Waals surface area contributed by atoms with Crippen molar-refractivity contribution in [1.82, 2.24) is 9.80 Å². The summed E-state index contributed by atoms with van der Waals surface area (Å²) in [4.78, 5) is 16.4. The molecule has 1 fully saturated rings. The lowest BCUT2D eigenvalue weighted by molar-refractivity contribution is 0.00798. The second kappa shape index (κ2) is 7.10. The summed E-state index contributed by atoms with van der Waals surface area (Å²) in [5, 5.41) is 0. The van der Waals surface area contributed by atoms with Crippen molar-refractivity contribution >= 4 is 6.09 Å². The van der Waals surface area contributed by atoms with Crippen LogP contribution in [0, 0.1) is 0 Å². The summed E-state index contributed by atoms with van der Waals surface area (Å²) >= 11 is 0. The number of likely N-dealkylation sites (N-methyl/N-ethyl adjacent to an activating group) is 1. The van der Waals surface area contributed by atoms with Gasteiger partial charge in [0, 0.05) is 32.2 Å². The van der Waals surface area contributed by atoms with Gasteiger partial charge in [0.25, 0.3) is 0 Å². The van der Waals surface area contributed by atoms with E-state index in [1.807, 2.05) is 32.6 Å². The minimum absolute atomic E-state index is 0.199. The predicted octanol–water partition coefficient (Wildman–Crippen LogP) is 1.67. The summed E-state index contributed by atoms with van der Waals surface area (Å²) in [5.74, 6) is 0. The molecule has 0 aliphatic carbocycles. The van der Waals surface area contributed by atoms with Crippen molar-refractivity contribution in [2.75, 3.05) is 32.7 Å². The number of carbonyl (C=O) groups is 1. The summed E-state index contributed by atoms with van der Waals surface area (Å²) in [7, 11) is 0. The number of piperidine rings is 1. The molecule has 1 saturated heterocycles. The summed E-state index contributed by atoms with van der Waals surface area (Å²) in [6, 6.07) is 0.250. The van der Waals surface area contributed by atoms with E-state index in [1.165, 1.54) is 0 Å². The van der Waals surface area contributed by atoms with Crippen LogP contribution in [0.3, 0.4) is 0 Å². The van der Waals surface area contributed by atoms with Crippen LogP contribution in [-0.2, 0) is 4.74 Å². The maximum atomic E-state index is 12.2. The Morgan fingerprint density at radius 1 is 1.47 bits per heavy atom.